The van der Waals surface area contributed by atoms with E-state index in [9.17, 15) is 4.79 Å². The van der Waals surface area contributed by atoms with E-state index in [2.05, 4.69) is 20.8 Å². The summed E-state index contributed by atoms with van der Waals surface area (Å²) >= 11 is 0. The van der Waals surface area contributed by atoms with Crippen molar-refractivity contribution in [1.29, 1.82) is 0 Å². The van der Waals surface area contributed by atoms with E-state index >= 15 is 0 Å². The lowest BCUT2D eigenvalue weighted by Gasteiger charge is -2.25. The molecule has 0 bridgehead atoms. The standard InChI is InChI=1S/C10H14O/c1-4-8-7-9(11)5-6-10(8,2)3/h5-7H,4H2,1-3H3. The normalized spacial score (nSPS) is 21.7. The Morgan fingerprint density at radius 1 is 1.45 bits per heavy atom. The summed E-state index contributed by atoms with van der Waals surface area (Å²) in [5, 5.41) is 0. The van der Waals surface area contributed by atoms with E-state index in [1.807, 2.05) is 6.08 Å². The van der Waals surface area contributed by atoms with E-state index in [0.29, 0.717) is 0 Å². The first-order valence-corrected chi connectivity index (χ1v) is 4.00. The van der Waals surface area contributed by atoms with E-state index < -0.39 is 0 Å². The number of rotatable bonds is 1. The van der Waals surface area contributed by atoms with Gasteiger partial charge in [-0.05, 0) is 18.6 Å². The van der Waals surface area contributed by atoms with Crippen LogP contribution in [0.3, 0.4) is 0 Å². The minimum absolute atomic E-state index is 0.0860. The van der Waals surface area contributed by atoms with Gasteiger partial charge in [-0.2, -0.15) is 0 Å². The third-order valence-corrected chi connectivity index (χ3v) is 2.19. The first-order chi connectivity index (χ1) is 5.06. The summed E-state index contributed by atoms with van der Waals surface area (Å²) in [4.78, 5) is 11.0. The van der Waals surface area contributed by atoms with E-state index in [0.717, 1.165) is 6.42 Å². The molecule has 0 aromatic heterocycles. The zero-order valence-corrected chi connectivity index (χ0v) is 7.35. The van der Waals surface area contributed by atoms with Crippen molar-refractivity contribution in [2.24, 2.45) is 5.41 Å². The molecular formula is C10H14O. The van der Waals surface area contributed by atoms with Crippen molar-refractivity contribution in [3.63, 3.8) is 0 Å². The first-order valence-electron chi connectivity index (χ1n) is 4.00. The van der Waals surface area contributed by atoms with Crippen molar-refractivity contribution < 1.29 is 4.79 Å². The van der Waals surface area contributed by atoms with E-state index in [-0.39, 0.29) is 11.2 Å². The molecule has 1 rings (SSSR count). The fraction of sp³-hybridized carbons (Fsp3) is 0.500. The number of carbonyl (C=O) groups excluding carboxylic acids is 1. The molecule has 0 aromatic carbocycles. The van der Waals surface area contributed by atoms with Gasteiger partial charge >= 0.3 is 0 Å². The molecule has 0 aliphatic heterocycles. The Hall–Kier alpha value is -0.850. The molecule has 11 heavy (non-hydrogen) atoms. The maximum atomic E-state index is 11.0. The molecule has 0 unspecified atom stereocenters. The molecule has 0 fully saturated rings. The van der Waals surface area contributed by atoms with Gasteiger partial charge in [-0.25, -0.2) is 0 Å². The summed E-state index contributed by atoms with van der Waals surface area (Å²) in [5.74, 6) is 0.126. The van der Waals surface area contributed by atoms with Gasteiger partial charge in [0.1, 0.15) is 0 Å². The lowest BCUT2D eigenvalue weighted by molar-refractivity contribution is -0.110. The molecule has 0 saturated carbocycles. The minimum atomic E-state index is 0.0860. The Labute approximate surface area is 67.8 Å². The van der Waals surface area contributed by atoms with Crippen molar-refractivity contribution in [1.82, 2.24) is 0 Å². The predicted molar refractivity (Wildman–Crippen MR) is 46.3 cm³/mol. The molecule has 0 N–H and O–H groups in total. The number of hydrogen-bond acceptors (Lipinski definition) is 1. The fourth-order valence-corrected chi connectivity index (χ4v) is 1.36. The van der Waals surface area contributed by atoms with E-state index in [1.54, 1.807) is 12.2 Å². The molecule has 1 aliphatic carbocycles. The minimum Gasteiger partial charge on any atom is -0.290 e. The molecule has 0 saturated heterocycles. The largest absolute Gasteiger partial charge is 0.290 e. The monoisotopic (exact) mass is 150 g/mol. The van der Waals surface area contributed by atoms with Crippen LogP contribution >= 0.6 is 0 Å². The Morgan fingerprint density at radius 2 is 2.09 bits per heavy atom. The van der Waals surface area contributed by atoms with Crippen LogP contribution in [0.2, 0.25) is 0 Å². The van der Waals surface area contributed by atoms with Gasteiger partial charge in [0.05, 0.1) is 0 Å². The summed E-state index contributed by atoms with van der Waals surface area (Å²) in [7, 11) is 0. The van der Waals surface area contributed by atoms with Gasteiger partial charge in [0.2, 0.25) is 0 Å². The van der Waals surface area contributed by atoms with Crippen molar-refractivity contribution in [2.75, 3.05) is 0 Å². The molecule has 0 amide bonds. The fourth-order valence-electron chi connectivity index (χ4n) is 1.36. The SMILES string of the molecule is CCC1=CC(=O)C=CC1(C)C. The molecule has 1 nitrogen and oxygen atoms in total. The second-order valence-corrected chi connectivity index (χ2v) is 3.48. The lowest BCUT2D eigenvalue weighted by atomic mass is 9.79. The summed E-state index contributed by atoms with van der Waals surface area (Å²) in [6.07, 6.45) is 6.34. The maximum absolute atomic E-state index is 11.0. The molecule has 0 radical (unpaired) electrons. The molecule has 0 spiro atoms. The van der Waals surface area contributed by atoms with Gasteiger partial charge in [0.15, 0.2) is 5.78 Å². The Morgan fingerprint density at radius 3 is 2.55 bits per heavy atom. The van der Waals surface area contributed by atoms with Crippen molar-refractivity contribution in [3.05, 3.63) is 23.8 Å². The van der Waals surface area contributed by atoms with Crippen LogP contribution in [0, 0.1) is 5.41 Å². The number of hydrogen-bond donors (Lipinski definition) is 0. The highest BCUT2D eigenvalue weighted by atomic mass is 16.1. The zero-order valence-electron chi connectivity index (χ0n) is 7.35. The molecule has 0 heterocycles. The van der Waals surface area contributed by atoms with Gasteiger partial charge in [0.25, 0.3) is 0 Å². The van der Waals surface area contributed by atoms with Crippen LogP contribution in [0.25, 0.3) is 0 Å². The summed E-state index contributed by atoms with van der Waals surface area (Å²) in [6.45, 7) is 6.34. The van der Waals surface area contributed by atoms with E-state index in [1.165, 1.54) is 5.57 Å². The second kappa shape index (κ2) is 2.65. The average Bonchev–Trinajstić information content (AvgIpc) is 1.94. The Kier molecular flexibility index (Phi) is 1.99. The highest BCUT2D eigenvalue weighted by Crippen LogP contribution is 2.32. The molecule has 1 heteroatoms. The van der Waals surface area contributed by atoms with Crippen LogP contribution in [0.15, 0.2) is 23.8 Å². The molecular weight excluding hydrogens is 136 g/mol. The van der Waals surface area contributed by atoms with Crippen LogP contribution in [0.1, 0.15) is 27.2 Å². The van der Waals surface area contributed by atoms with Gasteiger partial charge in [-0.3, -0.25) is 4.79 Å². The molecule has 1 aliphatic rings. The van der Waals surface area contributed by atoms with Crippen LogP contribution in [-0.4, -0.2) is 5.78 Å². The van der Waals surface area contributed by atoms with Crippen LogP contribution in [0.5, 0.6) is 0 Å². The van der Waals surface area contributed by atoms with Gasteiger partial charge in [-0.15, -0.1) is 0 Å². The van der Waals surface area contributed by atoms with Crippen molar-refractivity contribution in [3.8, 4) is 0 Å². The smallest absolute Gasteiger partial charge is 0.178 e. The third-order valence-electron chi connectivity index (χ3n) is 2.19. The van der Waals surface area contributed by atoms with Crippen molar-refractivity contribution in [2.45, 2.75) is 27.2 Å². The predicted octanol–water partition coefficient (Wildman–Crippen LogP) is 2.49. The summed E-state index contributed by atoms with van der Waals surface area (Å²) in [5.41, 5.74) is 1.31. The molecule has 0 aromatic rings. The highest BCUT2D eigenvalue weighted by Gasteiger charge is 2.22. The lowest BCUT2D eigenvalue weighted by Crippen LogP contribution is -2.16. The number of carbonyl (C=O) groups is 1. The Bertz CT molecular complexity index is 231. The summed E-state index contributed by atoms with van der Waals surface area (Å²) in [6, 6.07) is 0. The quantitative estimate of drug-likeness (QED) is 0.561. The maximum Gasteiger partial charge on any atom is 0.178 e. The van der Waals surface area contributed by atoms with Gasteiger partial charge < -0.3 is 0 Å². The topological polar surface area (TPSA) is 17.1 Å². The number of allylic oxidation sites excluding steroid dienone is 4. The van der Waals surface area contributed by atoms with Crippen LogP contribution in [-0.2, 0) is 4.79 Å². The summed E-state index contributed by atoms with van der Waals surface area (Å²) < 4.78 is 0. The zero-order chi connectivity index (χ0) is 8.48. The first kappa shape index (κ1) is 8.25. The van der Waals surface area contributed by atoms with Crippen molar-refractivity contribution >= 4 is 5.78 Å². The van der Waals surface area contributed by atoms with Crippen LogP contribution in [0.4, 0.5) is 0 Å². The van der Waals surface area contributed by atoms with Crippen LogP contribution < -0.4 is 0 Å². The molecule has 0 atom stereocenters. The van der Waals surface area contributed by atoms with E-state index in [4.69, 9.17) is 0 Å². The van der Waals surface area contributed by atoms with Gasteiger partial charge in [-0.1, -0.05) is 32.4 Å². The highest BCUT2D eigenvalue weighted by molar-refractivity contribution is 6.01. The second-order valence-electron chi connectivity index (χ2n) is 3.48. The Balaban J connectivity index is 2.96. The number of ketones is 1. The molecule has 60 valence electrons. The third kappa shape index (κ3) is 1.59. The van der Waals surface area contributed by atoms with Gasteiger partial charge in [0, 0.05) is 5.41 Å². The average molecular weight is 150 g/mol.